The molecule has 0 spiro atoms. The minimum atomic E-state index is -5.50. The first kappa shape index (κ1) is 16.2. The highest BCUT2D eigenvalue weighted by Crippen LogP contribution is 2.47. The molecule has 110 valence electrons. The summed E-state index contributed by atoms with van der Waals surface area (Å²) in [4.78, 5) is 0. The van der Waals surface area contributed by atoms with Gasteiger partial charge in [-0.2, -0.15) is 31.4 Å². The molecule has 0 aromatic carbocycles. The normalized spacial score (nSPS) is 15.1. The number of alkyl halides is 6. The van der Waals surface area contributed by atoms with E-state index in [4.69, 9.17) is 5.84 Å². The summed E-state index contributed by atoms with van der Waals surface area (Å²) in [5.41, 5.74) is 1.22. The number of hydrogen-bond acceptors (Lipinski definition) is 3. The summed E-state index contributed by atoms with van der Waals surface area (Å²) < 4.78 is 76.8. The van der Waals surface area contributed by atoms with Gasteiger partial charge in [-0.15, -0.1) is 0 Å². The van der Waals surface area contributed by atoms with E-state index >= 15 is 0 Å². The Morgan fingerprint density at radius 1 is 1.26 bits per heavy atom. The van der Waals surface area contributed by atoms with Gasteiger partial charge in [-0.25, -0.2) is 0 Å². The summed E-state index contributed by atoms with van der Waals surface area (Å²) >= 11 is 2.85. The lowest BCUT2D eigenvalue weighted by atomic mass is 9.96. The van der Waals surface area contributed by atoms with E-state index < -0.39 is 24.3 Å². The maximum atomic E-state index is 12.6. The molecule has 19 heavy (non-hydrogen) atoms. The molecule has 4 nitrogen and oxygen atoms in total. The van der Waals surface area contributed by atoms with Crippen molar-refractivity contribution in [1.29, 1.82) is 0 Å². The molecule has 1 heterocycles. The number of nitrogens with two attached hydrogens (primary N) is 1. The van der Waals surface area contributed by atoms with Crippen LogP contribution in [-0.4, -0.2) is 22.1 Å². The number of nitrogens with zero attached hydrogens (tertiary/aromatic N) is 2. The van der Waals surface area contributed by atoms with Crippen LogP contribution in [0.25, 0.3) is 0 Å². The summed E-state index contributed by atoms with van der Waals surface area (Å²) in [6.07, 6.45) is -9.92. The third-order valence-electron chi connectivity index (χ3n) is 2.45. The zero-order valence-electron chi connectivity index (χ0n) is 9.35. The molecule has 0 saturated carbocycles. The van der Waals surface area contributed by atoms with Crippen molar-refractivity contribution >= 4 is 15.9 Å². The average Bonchev–Trinajstić information content (AvgIpc) is 2.51. The maximum absolute atomic E-state index is 12.6. The summed E-state index contributed by atoms with van der Waals surface area (Å²) in [6, 6.07) is -2.21. The lowest BCUT2D eigenvalue weighted by Crippen LogP contribution is -2.48. The van der Waals surface area contributed by atoms with Gasteiger partial charge in [0.05, 0.1) is 22.4 Å². The predicted octanol–water partition coefficient (Wildman–Crippen LogP) is 2.43. The smallest absolute Gasteiger partial charge is 0.271 e. The summed E-state index contributed by atoms with van der Waals surface area (Å²) in [5.74, 6) is 1.24. The topological polar surface area (TPSA) is 55.9 Å². The summed E-state index contributed by atoms with van der Waals surface area (Å²) in [5, 5.41) is 3.57. The molecule has 1 atom stereocenters. The number of rotatable bonds is 3. The Hall–Kier alpha value is -0.810. The third-order valence-corrected chi connectivity index (χ3v) is 3.06. The zero-order valence-corrected chi connectivity index (χ0v) is 10.9. The van der Waals surface area contributed by atoms with Crippen molar-refractivity contribution in [3.05, 3.63) is 16.4 Å². The molecule has 1 aromatic rings. The maximum Gasteiger partial charge on any atom is 0.402 e. The van der Waals surface area contributed by atoms with Crippen LogP contribution in [0.2, 0.25) is 0 Å². The highest BCUT2D eigenvalue weighted by molar-refractivity contribution is 9.10. The van der Waals surface area contributed by atoms with E-state index in [1.54, 1.807) is 5.43 Å². The monoisotopic (exact) mass is 354 g/mol. The number of hydrazine groups is 1. The van der Waals surface area contributed by atoms with Gasteiger partial charge in [0, 0.05) is 7.05 Å². The molecule has 0 aliphatic rings. The summed E-state index contributed by atoms with van der Waals surface area (Å²) in [6.45, 7) is 0. The molecule has 3 N–H and O–H groups in total. The van der Waals surface area contributed by atoms with Crippen LogP contribution in [0.15, 0.2) is 10.7 Å². The van der Waals surface area contributed by atoms with E-state index in [1.807, 2.05) is 0 Å². The molecule has 0 radical (unpaired) electrons. The van der Waals surface area contributed by atoms with Gasteiger partial charge in [0.25, 0.3) is 0 Å². The van der Waals surface area contributed by atoms with Crippen molar-refractivity contribution < 1.29 is 26.3 Å². The number of hydrogen-bond donors (Lipinski definition) is 2. The predicted molar refractivity (Wildman–Crippen MR) is 56.6 cm³/mol. The Balaban J connectivity index is 3.34. The molecule has 0 amide bonds. The number of halogens is 7. The SMILES string of the molecule is Cn1ncc(Br)c1C(NN)C(C(F)(F)F)C(F)(F)F. The third kappa shape index (κ3) is 3.39. The van der Waals surface area contributed by atoms with Gasteiger partial charge >= 0.3 is 12.4 Å². The highest BCUT2D eigenvalue weighted by Gasteiger charge is 2.61. The molecule has 11 heteroatoms. The quantitative estimate of drug-likeness (QED) is 0.498. The molecule has 1 rings (SSSR count). The number of aromatic nitrogens is 2. The second-order valence-electron chi connectivity index (χ2n) is 3.71. The molecule has 0 aliphatic carbocycles. The second-order valence-corrected chi connectivity index (χ2v) is 4.56. The largest absolute Gasteiger partial charge is 0.402 e. The Bertz CT molecular complexity index is 406. The fourth-order valence-corrected chi connectivity index (χ4v) is 2.26. The minimum Gasteiger partial charge on any atom is -0.271 e. The van der Waals surface area contributed by atoms with Gasteiger partial charge < -0.3 is 0 Å². The van der Waals surface area contributed by atoms with Crippen molar-refractivity contribution in [3.63, 3.8) is 0 Å². The van der Waals surface area contributed by atoms with Gasteiger partial charge in [0.1, 0.15) is 0 Å². The van der Waals surface area contributed by atoms with Crippen molar-refractivity contribution in [3.8, 4) is 0 Å². The molecule has 1 unspecified atom stereocenters. The first-order chi connectivity index (χ1) is 8.50. The Morgan fingerprint density at radius 3 is 2.00 bits per heavy atom. The Kier molecular flexibility index (Phi) is 4.52. The molecule has 0 fully saturated rings. The van der Waals surface area contributed by atoms with E-state index in [0.717, 1.165) is 10.9 Å². The fourth-order valence-electron chi connectivity index (χ4n) is 1.67. The minimum absolute atomic E-state index is 0.00329. The average molecular weight is 355 g/mol. The van der Waals surface area contributed by atoms with Gasteiger partial charge in [-0.3, -0.25) is 16.0 Å². The van der Waals surface area contributed by atoms with Crippen LogP contribution in [0, 0.1) is 5.92 Å². The first-order valence-corrected chi connectivity index (χ1v) is 5.56. The fraction of sp³-hybridized carbons (Fsp3) is 0.625. The van der Waals surface area contributed by atoms with Crippen molar-refractivity contribution in [2.45, 2.75) is 18.4 Å². The first-order valence-electron chi connectivity index (χ1n) is 4.77. The van der Waals surface area contributed by atoms with Crippen molar-refractivity contribution in [2.24, 2.45) is 18.8 Å². The molecule has 0 saturated heterocycles. The molecule has 1 aromatic heterocycles. The molecular weight excluding hydrogens is 346 g/mol. The van der Waals surface area contributed by atoms with Crippen LogP contribution in [-0.2, 0) is 7.05 Å². The van der Waals surface area contributed by atoms with E-state index in [2.05, 4.69) is 21.0 Å². The van der Waals surface area contributed by atoms with Crippen LogP contribution in [0.5, 0.6) is 0 Å². The van der Waals surface area contributed by atoms with E-state index in [-0.39, 0.29) is 10.2 Å². The Morgan fingerprint density at radius 2 is 1.74 bits per heavy atom. The van der Waals surface area contributed by atoms with Gasteiger partial charge in [0.15, 0.2) is 5.92 Å². The van der Waals surface area contributed by atoms with E-state index in [1.165, 1.54) is 7.05 Å². The lowest BCUT2D eigenvalue weighted by molar-refractivity contribution is -0.293. The van der Waals surface area contributed by atoms with Crippen molar-refractivity contribution in [2.75, 3.05) is 0 Å². The van der Waals surface area contributed by atoms with Crippen LogP contribution in [0.1, 0.15) is 11.7 Å². The van der Waals surface area contributed by atoms with E-state index in [0.29, 0.717) is 0 Å². The Labute approximate surface area is 112 Å². The van der Waals surface area contributed by atoms with Gasteiger partial charge in [0.2, 0.25) is 0 Å². The van der Waals surface area contributed by atoms with E-state index in [9.17, 15) is 26.3 Å². The summed E-state index contributed by atoms with van der Waals surface area (Å²) in [7, 11) is 1.22. The molecule has 0 bridgehead atoms. The van der Waals surface area contributed by atoms with Gasteiger partial charge in [-0.1, -0.05) is 0 Å². The van der Waals surface area contributed by atoms with Crippen LogP contribution in [0.3, 0.4) is 0 Å². The standard InChI is InChI=1S/C8H9BrF6N4/c1-19-5(3(9)2-17-19)4(18-16)6(7(10,11)12)8(13,14)15/h2,4,6,18H,16H2,1H3. The zero-order chi connectivity index (χ0) is 15.0. The highest BCUT2D eigenvalue weighted by atomic mass is 79.9. The lowest BCUT2D eigenvalue weighted by Gasteiger charge is -2.30. The number of aryl methyl sites for hydroxylation is 1. The number of nitrogens with one attached hydrogen (secondary N) is 1. The van der Waals surface area contributed by atoms with Gasteiger partial charge in [-0.05, 0) is 15.9 Å². The van der Waals surface area contributed by atoms with Crippen LogP contribution >= 0.6 is 15.9 Å². The molecular formula is C8H9BrF6N4. The van der Waals surface area contributed by atoms with Crippen LogP contribution < -0.4 is 11.3 Å². The van der Waals surface area contributed by atoms with Crippen LogP contribution in [0.4, 0.5) is 26.3 Å². The second kappa shape index (κ2) is 5.29. The van der Waals surface area contributed by atoms with Crippen molar-refractivity contribution in [1.82, 2.24) is 15.2 Å². The molecule has 0 aliphatic heterocycles.